The van der Waals surface area contributed by atoms with Crippen molar-refractivity contribution < 1.29 is 14.9 Å². The van der Waals surface area contributed by atoms with Crippen LogP contribution < -0.4 is 10.5 Å². The van der Waals surface area contributed by atoms with E-state index in [1.54, 1.807) is 19.1 Å². The number of phenolic OH excluding ortho intramolecular Hbond substituents is 1. The zero-order valence-electron chi connectivity index (χ0n) is 8.97. The van der Waals surface area contributed by atoms with Crippen molar-refractivity contribution in [3.05, 3.63) is 23.8 Å². The predicted octanol–water partition coefficient (Wildman–Crippen LogP) is 1.17. The highest BCUT2D eigenvalue weighted by molar-refractivity contribution is 5.42. The minimum atomic E-state index is -0.635. The van der Waals surface area contributed by atoms with E-state index in [1.165, 1.54) is 6.07 Å². The van der Waals surface area contributed by atoms with Gasteiger partial charge in [0.1, 0.15) is 0 Å². The Morgan fingerprint density at radius 1 is 1.47 bits per heavy atom. The molecule has 2 atom stereocenters. The summed E-state index contributed by atoms with van der Waals surface area (Å²) in [6, 6.07) is 4.37. The highest BCUT2D eigenvalue weighted by Crippen LogP contribution is 2.29. The molecule has 0 aliphatic rings. The summed E-state index contributed by atoms with van der Waals surface area (Å²) < 4.78 is 5.22. The van der Waals surface area contributed by atoms with Gasteiger partial charge < -0.3 is 20.7 Å². The van der Waals surface area contributed by atoms with E-state index in [4.69, 9.17) is 10.5 Å². The molecule has 0 aromatic heterocycles. The molecule has 84 valence electrons. The summed E-state index contributed by atoms with van der Waals surface area (Å²) in [6.45, 7) is 3.93. The lowest BCUT2D eigenvalue weighted by Gasteiger charge is -2.16. The van der Waals surface area contributed by atoms with Crippen LogP contribution in [0.3, 0.4) is 0 Å². The Bertz CT molecular complexity index is 326. The maximum Gasteiger partial charge on any atom is 0.161 e. The van der Waals surface area contributed by atoms with Gasteiger partial charge in [-0.05, 0) is 31.5 Å². The second-order valence-corrected chi connectivity index (χ2v) is 3.43. The lowest BCUT2D eigenvalue weighted by Crippen LogP contribution is -2.23. The monoisotopic (exact) mass is 211 g/mol. The van der Waals surface area contributed by atoms with E-state index in [-0.39, 0.29) is 5.75 Å². The Hall–Kier alpha value is -1.26. The van der Waals surface area contributed by atoms with Crippen LogP contribution in [0, 0.1) is 0 Å². The minimum Gasteiger partial charge on any atom is -0.504 e. The van der Waals surface area contributed by atoms with Gasteiger partial charge in [-0.1, -0.05) is 6.07 Å². The van der Waals surface area contributed by atoms with E-state index >= 15 is 0 Å². The van der Waals surface area contributed by atoms with Crippen molar-refractivity contribution in [3.8, 4) is 11.5 Å². The lowest BCUT2D eigenvalue weighted by molar-refractivity contribution is 0.164. The average Bonchev–Trinajstić information content (AvgIpc) is 2.20. The third-order valence-electron chi connectivity index (χ3n) is 2.19. The molecular weight excluding hydrogens is 194 g/mol. The van der Waals surface area contributed by atoms with Crippen molar-refractivity contribution in [1.29, 1.82) is 0 Å². The standard InChI is InChI=1S/C11H17NO3/c1-3-15-10-6-8(4-5-9(10)14)11(12)7(2)13/h4-7,11,13-14H,3,12H2,1-2H3/t7-,11-/m1/s1. The molecule has 0 aliphatic carbocycles. The molecule has 0 amide bonds. The van der Waals surface area contributed by atoms with Crippen LogP contribution in [0.1, 0.15) is 25.5 Å². The topological polar surface area (TPSA) is 75.7 Å². The van der Waals surface area contributed by atoms with Crippen molar-refractivity contribution in [3.63, 3.8) is 0 Å². The van der Waals surface area contributed by atoms with Gasteiger partial charge in [-0.2, -0.15) is 0 Å². The van der Waals surface area contributed by atoms with E-state index in [1.807, 2.05) is 6.92 Å². The number of aromatic hydroxyl groups is 1. The van der Waals surface area contributed by atoms with Crippen LogP contribution in [0.5, 0.6) is 11.5 Å². The molecule has 15 heavy (non-hydrogen) atoms. The van der Waals surface area contributed by atoms with E-state index < -0.39 is 12.1 Å². The Kier molecular flexibility index (Phi) is 3.94. The second-order valence-electron chi connectivity index (χ2n) is 3.43. The molecule has 0 radical (unpaired) electrons. The normalized spacial score (nSPS) is 14.7. The fourth-order valence-electron chi connectivity index (χ4n) is 1.29. The average molecular weight is 211 g/mol. The number of benzene rings is 1. The number of phenols is 1. The molecule has 0 bridgehead atoms. The maximum atomic E-state index is 9.46. The highest BCUT2D eigenvalue weighted by Gasteiger charge is 2.14. The van der Waals surface area contributed by atoms with Gasteiger partial charge in [0.05, 0.1) is 18.8 Å². The number of aliphatic hydroxyl groups excluding tert-OH is 1. The molecule has 0 saturated heterocycles. The largest absolute Gasteiger partial charge is 0.504 e. The zero-order chi connectivity index (χ0) is 11.4. The molecule has 4 N–H and O–H groups in total. The molecule has 4 heteroatoms. The summed E-state index contributed by atoms with van der Waals surface area (Å²) in [7, 11) is 0. The smallest absolute Gasteiger partial charge is 0.161 e. The maximum absolute atomic E-state index is 9.46. The molecule has 0 aliphatic heterocycles. The quantitative estimate of drug-likeness (QED) is 0.698. The Morgan fingerprint density at radius 2 is 2.13 bits per heavy atom. The van der Waals surface area contributed by atoms with Crippen LogP contribution in [0.4, 0.5) is 0 Å². The molecule has 1 aromatic rings. The molecule has 0 unspecified atom stereocenters. The van der Waals surface area contributed by atoms with Gasteiger partial charge in [0.2, 0.25) is 0 Å². The summed E-state index contributed by atoms with van der Waals surface area (Å²) in [6.07, 6.45) is -0.635. The number of ether oxygens (including phenoxy) is 1. The highest BCUT2D eigenvalue weighted by atomic mass is 16.5. The molecular formula is C11H17NO3. The lowest BCUT2D eigenvalue weighted by atomic mass is 10.0. The van der Waals surface area contributed by atoms with Gasteiger partial charge in [0, 0.05) is 0 Å². The van der Waals surface area contributed by atoms with Gasteiger partial charge in [-0.15, -0.1) is 0 Å². The van der Waals surface area contributed by atoms with Crippen LogP contribution in [-0.4, -0.2) is 22.9 Å². The van der Waals surface area contributed by atoms with E-state index in [0.717, 1.165) is 5.56 Å². The summed E-state index contributed by atoms with van der Waals surface area (Å²) in [5.74, 6) is 0.476. The third kappa shape index (κ3) is 2.84. The van der Waals surface area contributed by atoms with Crippen molar-refractivity contribution >= 4 is 0 Å². The Labute approximate surface area is 89.3 Å². The van der Waals surface area contributed by atoms with Crippen molar-refractivity contribution in [1.82, 2.24) is 0 Å². The first-order chi connectivity index (χ1) is 7.06. The summed E-state index contributed by atoms with van der Waals surface area (Å²) in [5, 5.41) is 18.8. The SMILES string of the molecule is CCOc1cc([C@H](N)[C@@H](C)O)ccc1O. The van der Waals surface area contributed by atoms with Gasteiger partial charge >= 0.3 is 0 Å². The first-order valence-corrected chi connectivity index (χ1v) is 4.95. The Morgan fingerprint density at radius 3 is 2.67 bits per heavy atom. The van der Waals surface area contributed by atoms with Gasteiger partial charge in [-0.25, -0.2) is 0 Å². The van der Waals surface area contributed by atoms with E-state index in [9.17, 15) is 10.2 Å². The molecule has 4 nitrogen and oxygen atoms in total. The van der Waals surface area contributed by atoms with Crippen LogP contribution in [-0.2, 0) is 0 Å². The number of rotatable bonds is 4. The van der Waals surface area contributed by atoms with Crippen LogP contribution in [0.2, 0.25) is 0 Å². The summed E-state index contributed by atoms with van der Waals surface area (Å²) in [4.78, 5) is 0. The van der Waals surface area contributed by atoms with Gasteiger partial charge in [-0.3, -0.25) is 0 Å². The fraction of sp³-hybridized carbons (Fsp3) is 0.455. The zero-order valence-corrected chi connectivity index (χ0v) is 8.97. The second kappa shape index (κ2) is 5.00. The molecule has 0 heterocycles. The first kappa shape index (κ1) is 11.8. The first-order valence-electron chi connectivity index (χ1n) is 4.95. The van der Waals surface area contributed by atoms with Gasteiger partial charge in [0.25, 0.3) is 0 Å². The summed E-state index contributed by atoms with van der Waals surface area (Å²) in [5.41, 5.74) is 6.51. The third-order valence-corrected chi connectivity index (χ3v) is 2.19. The number of aliphatic hydroxyl groups is 1. The Balaban J connectivity index is 2.96. The fourth-order valence-corrected chi connectivity index (χ4v) is 1.29. The number of hydrogen-bond acceptors (Lipinski definition) is 4. The molecule has 1 aromatic carbocycles. The van der Waals surface area contributed by atoms with Gasteiger partial charge in [0.15, 0.2) is 11.5 Å². The van der Waals surface area contributed by atoms with Crippen molar-refractivity contribution in [2.24, 2.45) is 5.73 Å². The molecule has 0 fully saturated rings. The van der Waals surface area contributed by atoms with Crippen molar-refractivity contribution in [2.45, 2.75) is 26.0 Å². The number of hydrogen-bond donors (Lipinski definition) is 3. The van der Waals surface area contributed by atoms with Crippen LogP contribution in [0.15, 0.2) is 18.2 Å². The number of nitrogens with two attached hydrogens (primary N) is 1. The van der Waals surface area contributed by atoms with E-state index in [0.29, 0.717) is 12.4 Å². The molecule has 1 rings (SSSR count). The predicted molar refractivity (Wildman–Crippen MR) is 57.9 cm³/mol. The van der Waals surface area contributed by atoms with E-state index in [2.05, 4.69) is 0 Å². The van der Waals surface area contributed by atoms with Crippen LogP contribution in [0.25, 0.3) is 0 Å². The minimum absolute atomic E-state index is 0.0818. The molecule has 0 spiro atoms. The van der Waals surface area contributed by atoms with Crippen LogP contribution >= 0.6 is 0 Å². The summed E-state index contributed by atoms with van der Waals surface area (Å²) >= 11 is 0. The van der Waals surface area contributed by atoms with Crippen molar-refractivity contribution in [2.75, 3.05) is 6.61 Å². The molecule has 0 saturated carbocycles.